The van der Waals surface area contributed by atoms with E-state index in [0.717, 1.165) is 6.42 Å². The lowest BCUT2D eigenvalue weighted by Gasteiger charge is -2.50. The summed E-state index contributed by atoms with van der Waals surface area (Å²) in [6, 6.07) is -0.00616. The number of nitrogens with one attached hydrogen (secondary N) is 1. The molecule has 1 aliphatic heterocycles. The van der Waals surface area contributed by atoms with Crippen molar-refractivity contribution >= 4 is 12.1 Å². The van der Waals surface area contributed by atoms with E-state index in [-0.39, 0.29) is 17.6 Å². The van der Waals surface area contributed by atoms with Crippen LogP contribution in [0.1, 0.15) is 46.5 Å². The SMILES string of the molecule is CC(C)(C)OC(=O)N[C@H]1CCOC2(CC(C(=O)O)C2)C1. The minimum atomic E-state index is -0.763. The van der Waals surface area contributed by atoms with Gasteiger partial charge in [-0.25, -0.2) is 4.79 Å². The number of carbonyl (C=O) groups is 2. The first-order valence-electron chi connectivity index (χ1n) is 7.05. The fraction of sp³-hybridized carbons (Fsp3) is 0.857. The van der Waals surface area contributed by atoms with Gasteiger partial charge >= 0.3 is 12.1 Å². The molecule has 1 amide bonds. The van der Waals surface area contributed by atoms with Gasteiger partial charge in [0.25, 0.3) is 0 Å². The Hall–Kier alpha value is -1.30. The molecule has 0 aromatic rings. The van der Waals surface area contributed by atoms with Gasteiger partial charge in [0.1, 0.15) is 5.60 Å². The van der Waals surface area contributed by atoms with Gasteiger partial charge in [0, 0.05) is 12.6 Å². The van der Waals surface area contributed by atoms with E-state index in [9.17, 15) is 9.59 Å². The first kappa shape index (κ1) is 15.1. The number of hydrogen-bond acceptors (Lipinski definition) is 4. The summed E-state index contributed by atoms with van der Waals surface area (Å²) >= 11 is 0. The monoisotopic (exact) mass is 285 g/mol. The Morgan fingerprint density at radius 1 is 1.30 bits per heavy atom. The average molecular weight is 285 g/mol. The molecule has 20 heavy (non-hydrogen) atoms. The van der Waals surface area contributed by atoms with Crippen LogP contribution in [0.3, 0.4) is 0 Å². The highest BCUT2D eigenvalue weighted by molar-refractivity contribution is 5.71. The second-order valence-electron chi connectivity index (χ2n) is 6.81. The fourth-order valence-corrected chi connectivity index (χ4v) is 2.92. The predicted octanol–water partition coefficient (Wildman–Crippen LogP) is 1.92. The molecule has 6 nitrogen and oxygen atoms in total. The van der Waals surface area contributed by atoms with Crippen molar-refractivity contribution < 1.29 is 24.2 Å². The molecule has 6 heteroatoms. The maximum Gasteiger partial charge on any atom is 0.407 e. The molecule has 0 aromatic heterocycles. The Morgan fingerprint density at radius 3 is 2.50 bits per heavy atom. The summed E-state index contributed by atoms with van der Waals surface area (Å²) in [4.78, 5) is 22.6. The van der Waals surface area contributed by atoms with Crippen molar-refractivity contribution in [3.8, 4) is 0 Å². The molecule has 114 valence electrons. The van der Waals surface area contributed by atoms with Crippen LogP contribution in [-0.2, 0) is 14.3 Å². The molecule has 1 saturated carbocycles. The molecule has 1 aliphatic carbocycles. The largest absolute Gasteiger partial charge is 0.481 e. The number of aliphatic carboxylic acids is 1. The summed E-state index contributed by atoms with van der Waals surface area (Å²) in [7, 11) is 0. The van der Waals surface area contributed by atoms with Crippen molar-refractivity contribution in [3.63, 3.8) is 0 Å². The molecule has 2 aliphatic rings. The molecule has 2 fully saturated rings. The Morgan fingerprint density at radius 2 is 1.95 bits per heavy atom. The molecule has 1 spiro atoms. The van der Waals surface area contributed by atoms with Crippen molar-refractivity contribution in [2.75, 3.05) is 6.61 Å². The molecule has 2 N–H and O–H groups in total. The zero-order chi connectivity index (χ0) is 15.0. The number of carboxylic acids is 1. The minimum Gasteiger partial charge on any atom is -0.481 e. The van der Waals surface area contributed by atoms with E-state index >= 15 is 0 Å². The van der Waals surface area contributed by atoms with Crippen LogP contribution in [0.4, 0.5) is 4.79 Å². The van der Waals surface area contributed by atoms with E-state index in [1.165, 1.54) is 0 Å². The topological polar surface area (TPSA) is 84.9 Å². The van der Waals surface area contributed by atoms with Crippen molar-refractivity contribution in [2.24, 2.45) is 5.92 Å². The third-order valence-corrected chi connectivity index (χ3v) is 3.80. The van der Waals surface area contributed by atoms with Crippen LogP contribution in [0.25, 0.3) is 0 Å². The molecule has 0 bridgehead atoms. The third kappa shape index (κ3) is 3.62. The van der Waals surface area contributed by atoms with Gasteiger partial charge in [0.05, 0.1) is 11.5 Å². The second kappa shape index (κ2) is 5.24. The van der Waals surface area contributed by atoms with E-state index in [1.807, 2.05) is 20.8 Å². The molecule has 1 atom stereocenters. The maximum atomic E-state index is 11.7. The summed E-state index contributed by atoms with van der Waals surface area (Å²) in [5.74, 6) is -1.07. The standard InChI is InChI=1S/C14H23NO5/c1-13(2,3)20-12(18)15-10-4-5-19-14(8-10)6-9(7-14)11(16)17/h9-10H,4-8H2,1-3H3,(H,15,18)(H,16,17)/t9?,10-,14?/m0/s1. The van der Waals surface area contributed by atoms with Crippen LogP contribution in [0.2, 0.25) is 0 Å². The Balaban J connectivity index is 1.83. The average Bonchev–Trinajstić information content (AvgIpc) is 2.22. The molecular weight excluding hydrogens is 262 g/mol. The van der Waals surface area contributed by atoms with Gasteiger partial charge in [0.15, 0.2) is 0 Å². The number of carboxylic acid groups (broad SMARTS) is 1. The summed E-state index contributed by atoms with van der Waals surface area (Å²) in [5, 5.41) is 11.8. The Bertz CT molecular complexity index is 395. The number of hydrogen-bond donors (Lipinski definition) is 2. The number of ether oxygens (including phenoxy) is 2. The first-order chi connectivity index (χ1) is 9.19. The van der Waals surface area contributed by atoms with Crippen LogP contribution in [0.5, 0.6) is 0 Å². The number of amides is 1. The normalized spacial score (nSPS) is 33.4. The van der Waals surface area contributed by atoms with Gasteiger partial charge in [-0.3, -0.25) is 4.79 Å². The number of carbonyl (C=O) groups excluding carboxylic acids is 1. The highest BCUT2D eigenvalue weighted by atomic mass is 16.6. The summed E-state index contributed by atoms with van der Waals surface area (Å²) < 4.78 is 11.0. The lowest BCUT2D eigenvalue weighted by molar-refractivity contribution is -0.181. The Labute approximate surface area is 118 Å². The van der Waals surface area contributed by atoms with Gasteiger partial charge in [-0.15, -0.1) is 0 Å². The molecule has 1 saturated heterocycles. The fourth-order valence-electron chi connectivity index (χ4n) is 2.92. The molecule has 0 radical (unpaired) electrons. The quantitative estimate of drug-likeness (QED) is 0.809. The third-order valence-electron chi connectivity index (χ3n) is 3.80. The molecule has 2 rings (SSSR count). The lowest BCUT2D eigenvalue weighted by atomic mass is 9.66. The first-order valence-corrected chi connectivity index (χ1v) is 7.05. The zero-order valence-electron chi connectivity index (χ0n) is 12.3. The van der Waals surface area contributed by atoms with E-state index in [1.54, 1.807) is 0 Å². The van der Waals surface area contributed by atoms with Crippen molar-refractivity contribution in [2.45, 2.75) is 63.7 Å². The number of alkyl carbamates (subject to hydrolysis) is 1. The van der Waals surface area contributed by atoms with E-state index < -0.39 is 17.7 Å². The predicted molar refractivity (Wildman–Crippen MR) is 71.4 cm³/mol. The van der Waals surface area contributed by atoms with E-state index in [4.69, 9.17) is 14.6 Å². The van der Waals surface area contributed by atoms with Crippen LogP contribution in [0.15, 0.2) is 0 Å². The van der Waals surface area contributed by atoms with Gasteiger partial charge in [-0.1, -0.05) is 0 Å². The Kier molecular flexibility index (Phi) is 3.95. The van der Waals surface area contributed by atoms with Gasteiger partial charge < -0.3 is 19.9 Å². The van der Waals surface area contributed by atoms with Gasteiger partial charge in [-0.05, 0) is 46.5 Å². The second-order valence-corrected chi connectivity index (χ2v) is 6.81. The maximum absolute atomic E-state index is 11.7. The van der Waals surface area contributed by atoms with Crippen molar-refractivity contribution in [1.82, 2.24) is 5.32 Å². The smallest absolute Gasteiger partial charge is 0.407 e. The molecule has 0 aromatic carbocycles. The van der Waals surface area contributed by atoms with Crippen LogP contribution in [-0.4, -0.2) is 41.0 Å². The van der Waals surface area contributed by atoms with Crippen LogP contribution in [0, 0.1) is 5.92 Å². The highest BCUT2D eigenvalue weighted by Gasteiger charge is 2.51. The van der Waals surface area contributed by atoms with Crippen molar-refractivity contribution in [3.05, 3.63) is 0 Å². The van der Waals surface area contributed by atoms with Gasteiger partial charge in [0.2, 0.25) is 0 Å². The molecular formula is C14H23NO5. The lowest BCUT2D eigenvalue weighted by Crippen LogP contribution is -2.56. The number of rotatable bonds is 2. The molecule has 1 heterocycles. The van der Waals surface area contributed by atoms with E-state index in [2.05, 4.69) is 5.32 Å². The van der Waals surface area contributed by atoms with Crippen LogP contribution < -0.4 is 5.32 Å². The highest BCUT2D eigenvalue weighted by Crippen LogP contribution is 2.46. The van der Waals surface area contributed by atoms with Gasteiger partial charge in [-0.2, -0.15) is 0 Å². The minimum absolute atomic E-state index is 0.00616. The summed E-state index contributed by atoms with van der Waals surface area (Å²) in [5.41, 5.74) is -0.876. The van der Waals surface area contributed by atoms with Crippen LogP contribution >= 0.6 is 0 Å². The van der Waals surface area contributed by atoms with E-state index in [0.29, 0.717) is 25.9 Å². The summed E-state index contributed by atoms with van der Waals surface area (Å²) in [6.07, 6.45) is 2.05. The summed E-state index contributed by atoms with van der Waals surface area (Å²) in [6.45, 7) is 6.01. The molecule has 0 unspecified atom stereocenters. The zero-order valence-corrected chi connectivity index (χ0v) is 12.3. The van der Waals surface area contributed by atoms with Crippen molar-refractivity contribution in [1.29, 1.82) is 0 Å².